The molecule has 0 saturated heterocycles. The summed E-state index contributed by atoms with van der Waals surface area (Å²) in [5.41, 5.74) is 1.33. The lowest BCUT2D eigenvalue weighted by Gasteiger charge is -2.12. The van der Waals surface area contributed by atoms with Crippen molar-refractivity contribution < 1.29 is 18.7 Å². The Hall–Kier alpha value is -4.97. The maximum Gasteiger partial charge on any atom is 0.262 e. The Morgan fingerprint density at radius 3 is 2.66 bits per heavy atom. The third-order valence-electron chi connectivity index (χ3n) is 4.97. The van der Waals surface area contributed by atoms with Gasteiger partial charge in [0, 0.05) is 5.69 Å². The molecule has 9 heteroatoms. The van der Waals surface area contributed by atoms with Crippen LogP contribution >= 0.6 is 0 Å². The second-order valence-electron chi connectivity index (χ2n) is 7.36. The molecule has 0 aliphatic rings. The van der Waals surface area contributed by atoms with Gasteiger partial charge in [0.05, 0.1) is 23.6 Å². The van der Waals surface area contributed by atoms with Crippen molar-refractivity contribution in [3.05, 3.63) is 94.3 Å². The number of carbonyl (C=O) groups excluding carboxylic acids is 1. The van der Waals surface area contributed by atoms with E-state index in [9.17, 15) is 19.2 Å². The first kappa shape index (κ1) is 23.2. The van der Waals surface area contributed by atoms with Gasteiger partial charge in [-0.05, 0) is 60.2 Å². The Kier molecular flexibility index (Phi) is 6.83. The standard InChI is InChI=1S/C26H19FN4O4/c1-34-23-13-16(6-11-22(23)35-15-24(32)29-19-9-7-18(27)8-10-19)12-17(14-28)25-30-21-5-3-2-4-20(21)26(33)31-25/h2-13H,15H2,1H3,(H,29,32)(H,30,31,33)/b17-12+. The van der Waals surface area contributed by atoms with Crippen molar-refractivity contribution in [2.45, 2.75) is 0 Å². The Balaban J connectivity index is 1.52. The molecule has 4 aromatic rings. The number of benzene rings is 3. The van der Waals surface area contributed by atoms with Crippen LogP contribution in [-0.2, 0) is 4.79 Å². The molecule has 0 aliphatic heterocycles. The van der Waals surface area contributed by atoms with Gasteiger partial charge in [0.15, 0.2) is 23.9 Å². The van der Waals surface area contributed by atoms with E-state index in [4.69, 9.17) is 9.47 Å². The zero-order valence-corrected chi connectivity index (χ0v) is 18.5. The summed E-state index contributed by atoms with van der Waals surface area (Å²) >= 11 is 0. The van der Waals surface area contributed by atoms with Gasteiger partial charge in [0.2, 0.25) is 0 Å². The minimum absolute atomic E-state index is 0.146. The van der Waals surface area contributed by atoms with Crippen molar-refractivity contribution in [2.75, 3.05) is 19.0 Å². The number of hydrogen-bond donors (Lipinski definition) is 2. The Labute approximate surface area is 199 Å². The molecule has 0 aliphatic carbocycles. The number of hydrogen-bond acceptors (Lipinski definition) is 6. The normalized spacial score (nSPS) is 11.1. The van der Waals surface area contributed by atoms with Gasteiger partial charge in [-0.2, -0.15) is 5.26 Å². The number of halogens is 1. The molecule has 0 radical (unpaired) electrons. The predicted octanol–water partition coefficient (Wildman–Crippen LogP) is 4.15. The van der Waals surface area contributed by atoms with Crippen molar-refractivity contribution in [3.8, 4) is 17.6 Å². The van der Waals surface area contributed by atoms with Gasteiger partial charge in [-0.25, -0.2) is 9.37 Å². The molecule has 35 heavy (non-hydrogen) atoms. The molecule has 8 nitrogen and oxygen atoms in total. The third-order valence-corrected chi connectivity index (χ3v) is 4.97. The predicted molar refractivity (Wildman–Crippen MR) is 129 cm³/mol. The topological polar surface area (TPSA) is 117 Å². The number of aromatic amines is 1. The zero-order valence-electron chi connectivity index (χ0n) is 18.5. The van der Waals surface area contributed by atoms with Crippen LogP contribution < -0.4 is 20.3 Å². The number of carbonyl (C=O) groups is 1. The molecular formula is C26H19FN4O4. The molecule has 0 saturated carbocycles. The van der Waals surface area contributed by atoms with Crippen LogP contribution in [0.5, 0.6) is 11.5 Å². The third kappa shape index (κ3) is 5.51. The van der Waals surface area contributed by atoms with Crippen LogP contribution in [0.1, 0.15) is 11.4 Å². The first-order chi connectivity index (χ1) is 17.0. The van der Waals surface area contributed by atoms with Crippen molar-refractivity contribution >= 4 is 34.1 Å². The molecule has 2 N–H and O–H groups in total. The van der Waals surface area contributed by atoms with Gasteiger partial charge < -0.3 is 19.8 Å². The van der Waals surface area contributed by atoms with Crippen molar-refractivity contribution in [2.24, 2.45) is 0 Å². The highest BCUT2D eigenvalue weighted by Crippen LogP contribution is 2.29. The molecule has 1 aromatic heterocycles. The maximum absolute atomic E-state index is 13.0. The molecule has 3 aromatic carbocycles. The van der Waals surface area contributed by atoms with Gasteiger partial charge >= 0.3 is 0 Å². The van der Waals surface area contributed by atoms with Crippen LogP contribution in [0.25, 0.3) is 22.6 Å². The number of amides is 1. The lowest BCUT2D eigenvalue weighted by Crippen LogP contribution is -2.20. The van der Waals surface area contributed by atoms with E-state index in [2.05, 4.69) is 21.4 Å². The highest BCUT2D eigenvalue weighted by molar-refractivity contribution is 5.92. The van der Waals surface area contributed by atoms with E-state index in [1.54, 1.807) is 48.5 Å². The summed E-state index contributed by atoms with van der Waals surface area (Å²) in [4.78, 5) is 31.5. The van der Waals surface area contributed by atoms with Crippen LogP contribution in [0.4, 0.5) is 10.1 Å². The van der Waals surface area contributed by atoms with E-state index < -0.39 is 11.7 Å². The Bertz CT molecular complexity index is 1520. The molecular weight excluding hydrogens is 451 g/mol. The number of allylic oxidation sites excluding steroid dienone is 1. The van der Waals surface area contributed by atoms with Crippen molar-refractivity contribution in [1.82, 2.24) is 9.97 Å². The first-order valence-electron chi connectivity index (χ1n) is 10.4. The van der Waals surface area contributed by atoms with Gasteiger partial charge in [0.1, 0.15) is 11.9 Å². The number of aromatic nitrogens is 2. The van der Waals surface area contributed by atoms with E-state index >= 15 is 0 Å². The second-order valence-corrected chi connectivity index (χ2v) is 7.36. The van der Waals surface area contributed by atoms with E-state index in [1.165, 1.54) is 31.4 Å². The van der Waals surface area contributed by atoms with Gasteiger partial charge in [-0.1, -0.05) is 18.2 Å². The fourth-order valence-corrected chi connectivity index (χ4v) is 3.30. The van der Waals surface area contributed by atoms with Crippen LogP contribution in [0.3, 0.4) is 0 Å². The van der Waals surface area contributed by atoms with Crippen molar-refractivity contribution in [1.29, 1.82) is 5.26 Å². The van der Waals surface area contributed by atoms with E-state index in [0.717, 1.165) is 0 Å². The molecule has 1 heterocycles. The number of H-pyrrole nitrogens is 1. The summed E-state index contributed by atoms with van der Waals surface area (Å²) in [6.45, 7) is -0.297. The Morgan fingerprint density at radius 2 is 1.91 bits per heavy atom. The molecule has 4 rings (SSSR count). The van der Waals surface area contributed by atoms with Crippen LogP contribution in [0, 0.1) is 17.1 Å². The number of nitriles is 1. The van der Waals surface area contributed by atoms with Crippen LogP contribution in [-0.4, -0.2) is 29.6 Å². The molecule has 174 valence electrons. The molecule has 0 spiro atoms. The first-order valence-corrected chi connectivity index (χ1v) is 10.4. The summed E-state index contributed by atoms with van der Waals surface area (Å²) < 4.78 is 23.9. The minimum Gasteiger partial charge on any atom is -0.493 e. The average Bonchev–Trinajstić information content (AvgIpc) is 2.87. The number of nitrogens with one attached hydrogen (secondary N) is 2. The van der Waals surface area contributed by atoms with Gasteiger partial charge in [0.25, 0.3) is 11.5 Å². The number of rotatable bonds is 7. The fourth-order valence-electron chi connectivity index (χ4n) is 3.30. The average molecular weight is 470 g/mol. The maximum atomic E-state index is 13.0. The number of ether oxygens (including phenoxy) is 2. The lowest BCUT2D eigenvalue weighted by atomic mass is 10.1. The largest absolute Gasteiger partial charge is 0.493 e. The van der Waals surface area contributed by atoms with Crippen LogP contribution in [0.2, 0.25) is 0 Å². The molecule has 0 atom stereocenters. The quantitative estimate of drug-likeness (QED) is 0.392. The van der Waals surface area contributed by atoms with Gasteiger partial charge in [-0.3, -0.25) is 9.59 Å². The number of anilines is 1. The Morgan fingerprint density at radius 1 is 1.14 bits per heavy atom. The summed E-state index contributed by atoms with van der Waals surface area (Å²) in [6, 6.07) is 19.2. The number of nitrogens with zero attached hydrogens (tertiary/aromatic N) is 2. The molecule has 0 unspecified atom stereocenters. The summed E-state index contributed by atoms with van der Waals surface area (Å²) in [5.74, 6) is -0.0330. The molecule has 0 fully saturated rings. The number of methoxy groups -OCH3 is 1. The minimum atomic E-state index is -0.430. The van der Waals surface area contributed by atoms with Gasteiger partial charge in [-0.15, -0.1) is 0 Å². The number of para-hydroxylation sites is 1. The molecule has 1 amide bonds. The highest BCUT2D eigenvalue weighted by atomic mass is 19.1. The van der Waals surface area contributed by atoms with Crippen LogP contribution in [0.15, 0.2) is 71.5 Å². The highest BCUT2D eigenvalue weighted by Gasteiger charge is 2.11. The molecule has 0 bridgehead atoms. The zero-order chi connectivity index (χ0) is 24.8. The van der Waals surface area contributed by atoms with E-state index in [1.807, 2.05) is 0 Å². The lowest BCUT2D eigenvalue weighted by molar-refractivity contribution is -0.118. The summed E-state index contributed by atoms with van der Waals surface area (Å²) in [5, 5.41) is 12.7. The monoisotopic (exact) mass is 470 g/mol. The SMILES string of the molecule is COc1cc(/C=C(\C#N)c2nc3ccccc3c(=O)[nH]2)ccc1OCC(=O)Nc1ccc(F)cc1. The second kappa shape index (κ2) is 10.3. The smallest absolute Gasteiger partial charge is 0.262 e. The van der Waals surface area contributed by atoms with E-state index in [0.29, 0.717) is 33.7 Å². The van der Waals surface area contributed by atoms with E-state index in [-0.39, 0.29) is 23.6 Å². The summed E-state index contributed by atoms with van der Waals surface area (Å²) in [7, 11) is 1.45. The fraction of sp³-hybridized carbons (Fsp3) is 0.0769. The summed E-state index contributed by atoms with van der Waals surface area (Å²) in [6.07, 6.45) is 1.56. The number of fused-ring (bicyclic) bond motifs is 1. The van der Waals surface area contributed by atoms with Crippen molar-refractivity contribution in [3.63, 3.8) is 0 Å².